The molecule has 8 heteroatoms. The average molecular weight is 591 g/mol. The summed E-state index contributed by atoms with van der Waals surface area (Å²) in [4.78, 5) is 31.8. The monoisotopic (exact) mass is 590 g/mol. The van der Waals surface area contributed by atoms with Gasteiger partial charge in [-0.1, -0.05) is 90.2 Å². The van der Waals surface area contributed by atoms with Crippen LogP contribution in [-0.4, -0.2) is 24.3 Å². The van der Waals surface area contributed by atoms with Crippen molar-refractivity contribution in [1.82, 2.24) is 4.57 Å². The Labute approximate surface area is 252 Å². The van der Waals surface area contributed by atoms with Crippen LogP contribution in [0.15, 0.2) is 112 Å². The molecule has 0 bridgehead atoms. The average Bonchev–Trinajstić information content (AvgIpc) is 3.33. The topological polar surface area (TPSA) is 79.1 Å². The lowest BCUT2D eigenvalue weighted by Crippen LogP contribution is -2.39. The van der Waals surface area contributed by atoms with Crippen LogP contribution in [0.2, 0.25) is 0 Å². The Morgan fingerprint density at radius 3 is 2.51 bits per heavy atom. The van der Waals surface area contributed by atoms with Gasteiger partial charge in [0, 0.05) is 0 Å². The Morgan fingerprint density at radius 2 is 1.72 bits per heavy atom. The van der Waals surface area contributed by atoms with Crippen LogP contribution >= 0.6 is 11.3 Å². The summed E-state index contributed by atoms with van der Waals surface area (Å²) in [6, 6.07) is 28.9. The molecule has 0 fully saturated rings. The predicted molar refractivity (Wildman–Crippen MR) is 168 cm³/mol. The van der Waals surface area contributed by atoms with E-state index in [1.54, 1.807) is 11.5 Å². The minimum Gasteiger partial charge on any atom is -0.490 e. The zero-order chi connectivity index (χ0) is 29.9. The molecule has 0 radical (unpaired) electrons. The molecule has 6 rings (SSSR count). The van der Waals surface area contributed by atoms with Gasteiger partial charge < -0.3 is 14.2 Å². The fourth-order valence-corrected chi connectivity index (χ4v) is 6.42. The fraction of sp³-hybridized carbons (Fsp3) is 0.171. The molecule has 1 aliphatic rings. The van der Waals surface area contributed by atoms with Crippen molar-refractivity contribution in [3.63, 3.8) is 0 Å². The van der Waals surface area contributed by atoms with Gasteiger partial charge in [-0.3, -0.25) is 9.36 Å². The molecule has 216 valence electrons. The van der Waals surface area contributed by atoms with Gasteiger partial charge in [0.25, 0.3) is 5.56 Å². The molecule has 1 atom stereocenters. The molecule has 4 aromatic carbocycles. The van der Waals surface area contributed by atoms with Crippen LogP contribution < -0.4 is 24.4 Å². The molecular weight excluding hydrogens is 560 g/mol. The highest BCUT2D eigenvalue weighted by Gasteiger charge is 2.32. The number of ether oxygens (including phenoxy) is 3. The standard InChI is InChI=1S/C35H30N2O5S/c1-4-41-29-19-23(17-18-28(29)42-21-26-15-10-14-24-11-8-9-16-27(24)26)20-30-33(38)37-32(25-12-6-5-7-13-25)31(34(39)40-3)22(2)36-35(37)43-30/h5-20,32H,4,21H2,1-3H3/b30-20-/t32-/m0/s1. The van der Waals surface area contributed by atoms with E-state index in [0.717, 1.165) is 27.5 Å². The molecule has 0 spiro atoms. The number of methoxy groups -OCH3 is 1. The number of allylic oxidation sites excluding steroid dienone is 1. The summed E-state index contributed by atoms with van der Waals surface area (Å²) in [5.41, 5.74) is 3.31. The third kappa shape index (κ3) is 5.49. The molecule has 0 aliphatic carbocycles. The molecule has 2 heterocycles. The molecule has 0 amide bonds. The van der Waals surface area contributed by atoms with Crippen molar-refractivity contribution in [3.8, 4) is 11.5 Å². The first-order valence-corrected chi connectivity index (χ1v) is 14.8. The highest BCUT2D eigenvalue weighted by molar-refractivity contribution is 7.07. The minimum atomic E-state index is -0.643. The number of benzene rings is 4. The first kappa shape index (κ1) is 28.2. The first-order chi connectivity index (χ1) is 21.0. The van der Waals surface area contributed by atoms with E-state index in [4.69, 9.17) is 14.2 Å². The molecular formula is C35H30N2O5S. The van der Waals surface area contributed by atoms with Crippen LogP contribution in [-0.2, 0) is 16.1 Å². The van der Waals surface area contributed by atoms with E-state index in [1.165, 1.54) is 18.4 Å². The summed E-state index contributed by atoms with van der Waals surface area (Å²) in [7, 11) is 1.33. The van der Waals surface area contributed by atoms with Gasteiger partial charge in [0.05, 0.1) is 35.6 Å². The minimum absolute atomic E-state index is 0.235. The van der Waals surface area contributed by atoms with E-state index in [-0.39, 0.29) is 5.56 Å². The molecule has 7 nitrogen and oxygen atoms in total. The lowest BCUT2D eigenvalue weighted by molar-refractivity contribution is -0.136. The molecule has 43 heavy (non-hydrogen) atoms. The van der Waals surface area contributed by atoms with Gasteiger partial charge in [0.2, 0.25) is 0 Å². The van der Waals surface area contributed by atoms with E-state index in [9.17, 15) is 9.59 Å². The summed E-state index contributed by atoms with van der Waals surface area (Å²) >= 11 is 1.28. The molecule has 5 aromatic rings. The second kappa shape index (κ2) is 12.1. The number of fused-ring (bicyclic) bond motifs is 2. The highest BCUT2D eigenvalue weighted by Crippen LogP contribution is 2.32. The molecule has 0 unspecified atom stereocenters. The maximum Gasteiger partial charge on any atom is 0.338 e. The van der Waals surface area contributed by atoms with Crippen molar-refractivity contribution in [2.24, 2.45) is 4.99 Å². The number of nitrogens with zero attached hydrogens (tertiary/aromatic N) is 2. The van der Waals surface area contributed by atoms with Crippen molar-refractivity contribution in [2.45, 2.75) is 26.5 Å². The Morgan fingerprint density at radius 1 is 0.953 bits per heavy atom. The molecule has 0 saturated heterocycles. The zero-order valence-electron chi connectivity index (χ0n) is 24.1. The lowest BCUT2D eigenvalue weighted by atomic mass is 9.96. The van der Waals surface area contributed by atoms with Crippen LogP contribution in [0.1, 0.15) is 36.6 Å². The van der Waals surface area contributed by atoms with Crippen molar-refractivity contribution in [1.29, 1.82) is 0 Å². The van der Waals surface area contributed by atoms with Crippen LogP contribution in [0.4, 0.5) is 0 Å². The third-order valence-electron chi connectivity index (χ3n) is 7.37. The number of carbonyl (C=O) groups excluding carboxylic acids is 1. The van der Waals surface area contributed by atoms with Gasteiger partial charge in [-0.2, -0.15) is 0 Å². The van der Waals surface area contributed by atoms with Gasteiger partial charge in [-0.05, 0) is 59.5 Å². The molecule has 1 aliphatic heterocycles. The second-order valence-electron chi connectivity index (χ2n) is 10.1. The maximum absolute atomic E-state index is 13.9. The van der Waals surface area contributed by atoms with E-state index in [1.807, 2.05) is 79.7 Å². The largest absolute Gasteiger partial charge is 0.490 e. The van der Waals surface area contributed by atoms with Crippen molar-refractivity contribution in [2.75, 3.05) is 13.7 Å². The van der Waals surface area contributed by atoms with E-state index < -0.39 is 12.0 Å². The number of thiazole rings is 1. The van der Waals surface area contributed by atoms with Gasteiger partial charge >= 0.3 is 5.97 Å². The van der Waals surface area contributed by atoms with Crippen LogP contribution in [0.5, 0.6) is 11.5 Å². The number of carbonyl (C=O) groups is 1. The highest BCUT2D eigenvalue weighted by atomic mass is 32.1. The van der Waals surface area contributed by atoms with Gasteiger partial charge in [-0.25, -0.2) is 9.79 Å². The van der Waals surface area contributed by atoms with Crippen LogP contribution in [0, 0.1) is 0 Å². The normalized spacial score (nSPS) is 14.8. The van der Waals surface area contributed by atoms with E-state index in [2.05, 4.69) is 29.3 Å². The van der Waals surface area contributed by atoms with E-state index >= 15 is 0 Å². The predicted octanol–water partition coefficient (Wildman–Crippen LogP) is 5.54. The number of hydrogen-bond donors (Lipinski definition) is 0. The van der Waals surface area contributed by atoms with Gasteiger partial charge in [0.1, 0.15) is 6.61 Å². The fourth-order valence-electron chi connectivity index (χ4n) is 5.37. The Balaban J connectivity index is 1.37. The smallest absolute Gasteiger partial charge is 0.338 e. The summed E-state index contributed by atoms with van der Waals surface area (Å²) in [5.74, 6) is 0.705. The van der Waals surface area contributed by atoms with Crippen molar-refractivity contribution < 1.29 is 19.0 Å². The Bertz CT molecular complexity index is 2040. The summed E-state index contributed by atoms with van der Waals surface area (Å²) in [6.07, 6.45) is 1.82. The van der Waals surface area contributed by atoms with E-state index in [0.29, 0.717) is 45.3 Å². The van der Waals surface area contributed by atoms with Crippen LogP contribution in [0.3, 0.4) is 0 Å². The molecule has 0 saturated carbocycles. The maximum atomic E-state index is 13.9. The summed E-state index contributed by atoms with van der Waals surface area (Å²) in [5, 5.41) is 2.31. The second-order valence-corrected chi connectivity index (χ2v) is 11.1. The van der Waals surface area contributed by atoms with Crippen molar-refractivity contribution >= 4 is 34.2 Å². The molecule has 1 aromatic heterocycles. The summed E-state index contributed by atoms with van der Waals surface area (Å²) < 4.78 is 19.3. The van der Waals surface area contributed by atoms with Crippen LogP contribution in [0.25, 0.3) is 16.8 Å². The van der Waals surface area contributed by atoms with Gasteiger partial charge in [0.15, 0.2) is 16.3 Å². The summed E-state index contributed by atoms with van der Waals surface area (Å²) in [6.45, 7) is 4.54. The Kier molecular flexibility index (Phi) is 7.94. The molecule has 0 N–H and O–H groups in total. The van der Waals surface area contributed by atoms with Crippen molar-refractivity contribution in [3.05, 3.63) is 139 Å². The van der Waals surface area contributed by atoms with Gasteiger partial charge in [-0.15, -0.1) is 0 Å². The lowest BCUT2D eigenvalue weighted by Gasteiger charge is -2.24. The quantitative estimate of drug-likeness (QED) is 0.222. The zero-order valence-corrected chi connectivity index (χ0v) is 24.9. The third-order valence-corrected chi connectivity index (χ3v) is 8.35. The SMILES string of the molecule is CCOc1cc(/C=c2\sc3n(c2=O)[C@@H](c2ccccc2)C(C(=O)OC)=C(C)N=3)ccc1OCc1cccc2ccccc12. The number of rotatable bonds is 8. The number of hydrogen-bond acceptors (Lipinski definition) is 7. The number of aromatic nitrogens is 1. The Hall–Kier alpha value is -4.95. The first-order valence-electron chi connectivity index (χ1n) is 14.0. The number of esters is 1.